The van der Waals surface area contributed by atoms with Crippen LogP contribution >= 0.6 is 15.9 Å². The molecule has 2 atom stereocenters. The van der Waals surface area contributed by atoms with Crippen LogP contribution in [0.15, 0.2) is 28.7 Å². The molecule has 22 heavy (non-hydrogen) atoms. The van der Waals surface area contributed by atoms with Crippen molar-refractivity contribution in [3.8, 4) is 0 Å². The van der Waals surface area contributed by atoms with Crippen molar-refractivity contribution in [1.82, 2.24) is 10.6 Å². The number of carbonyl (C=O) groups is 2. The van der Waals surface area contributed by atoms with Gasteiger partial charge in [0.2, 0.25) is 11.8 Å². The molecule has 2 aliphatic heterocycles. The number of carbonyl (C=O) groups excluding carboxylic acids is 2. The molecule has 2 amide bonds. The van der Waals surface area contributed by atoms with Gasteiger partial charge in [0.1, 0.15) is 0 Å². The zero-order valence-corrected chi connectivity index (χ0v) is 13.9. The normalized spacial score (nSPS) is 25.3. The van der Waals surface area contributed by atoms with Crippen molar-refractivity contribution in [1.29, 1.82) is 0 Å². The molecule has 1 aromatic rings. The predicted octanol–water partition coefficient (Wildman–Crippen LogP) is 1.67. The summed E-state index contributed by atoms with van der Waals surface area (Å²) in [5, 5.41) is 6.36. The van der Waals surface area contributed by atoms with Crippen LogP contribution in [0.25, 0.3) is 0 Å². The van der Waals surface area contributed by atoms with E-state index in [1.54, 1.807) is 4.90 Å². The molecule has 118 valence electrons. The molecule has 0 aliphatic carbocycles. The van der Waals surface area contributed by atoms with Gasteiger partial charge in [-0.1, -0.05) is 22.0 Å². The van der Waals surface area contributed by atoms with Crippen molar-refractivity contribution in [2.24, 2.45) is 5.92 Å². The Hall–Kier alpha value is -1.40. The Morgan fingerprint density at radius 2 is 2.27 bits per heavy atom. The van der Waals surface area contributed by atoms with Gasteiger partial charge in [0, 0.05) is 35.7 Å². The molecule has 2 N–H and O–H groups in total. The molecule has 2 saturated heterocycles. The van der Waals surface area contributed by atoms with Crippen LogP contribution in [-0.4, -0.2) is 37.5 Å². The van der Waals surface area contributed by atoms with E-state index in [4.69, 9.17) is 0 Å². The molecule has 5 nitrogen and oxygen atoms in total. The largest absolute Gasteiger partial charge is 0.352 e. The van der Waals surface area contributed by atoms with E-state index in [9.17, 15) is 9.59 Å². The van der Waals surface area contributed by atoms with E-state index in [1.165, 1.54) is 0 Å². The Morgan fingerprint density at radius 3 is 3.00 bits per heavy atom. The zero-order valence-electron chi connectivity index (χ0n) is 12.3. The van der Waals surface area contributed by atoms with Crippen molar-refractivity contribution >= 4 is 33.4 Å². The van der Waals surface area contributed by atoms with Crippen LogP contribution in [-0.2, 0) is 9.59 Å². The van der Waals surface area contributed by atoms with Crippen molar-refractivity contribution in [2.45, 2.75) is 25.3 Å². The Morgan fingerprint density at radius 1 is 1.41 bits per heavy atom. The van der Waals surface area contributed by atoms with Crippen LogP contribution in [0, 0.1) is 5.92 Å². The quantitative estimate of drug-likeness (QED) is 0.856. The van der Waals surface area contributed by atoms with Gasteiger partial charge in [0.15, 0.2) is 0 Å². The molecular weight excluding hydrogens is 346 g/mol. The van der Waals surface area contributed by atoms with Crippen molar-refractivity contribution in [2.75, 3.05) is 24.5 Å². The number of anilines is 1. The summed E-state index contributed by atoms with van der Waals surface area (Å²) in [6.07, 6.45) is 2.38. The number of amides is 2. The summed E-state index contributed by atoms with van der Waals surface area (Å²) in [4.78, 5) is 26.3. The fraction of sp³-hybridized carbons (Fsp3) is 0.500. The second-order valence-electron chi connectivity index (χ2n) is 5.94. The topological polar surface area (TPSA) is 61.4 Å². The van der Waals surface area contributed by atoms with Gasteiger partial charge in [-0.3, -0.25) is 9.59 Å². The lowest BCUT2D eigenvalue weighted by Gasteiger charge is -2.25. The van der Waals surface area contributed by atoms with Crippen molar-refractivity contribution < 1.29 is 9.59 Å². The third-order valence-electron chi connectivity index (χ3n) is 4.26. The van der Waals surface area contributed by atoms with Gasteiger partial charge in [0.25, 0.3) is 0 Å². The van der Waals surface area contributed by atoms with Crippen molar-refractivity contribution in [3.05, 3.63) is 28.7 Å². The van der Waals surface area contributed by atoms with Gasteiger partial charge in [0.05, 0.1) is 5.92 Å². The number of hydrogen-bond donors (Lipinski definition) is 2. The second-order valence-corrected chi connectivity index (χ2v) is 6.85. The van der Waals surface area contributed by atoms with E-state index in [0.29, 0.717) is 13.0 Å². The molecule has 0 bridgehead atoms. The molecule has 6 heteroatoms. The highest BCUT2D eigenvalue weighted by Crippen LogP contribution is 2.27. The summed E-state index contributed by atoms with van der Waals surface area (Å²) in [5.74, 6) is -0.243. The highest BCUT2D eigenvalue weighted by atomic mass is 79.9. The predicted molar refractivity (Wildman–Crippen MR) is 88.6 cm³/mol. The highest BCUT2D eigenvalue weighted by molar-refractivity contribution is 9.10. The molecule has 1 unspecified atom stereocenters. The zero-order chi connectivity index (χ0) is 15.5. The van der Waals surface area contributed by atoms with E-state index in [1.807, 2.05) is 24.3 Å². The van der Waals surface area contributed by atoms with E-state index >= 15 is 0 Å². The van der Waals surface area contributed by atoms with Gasteiger partial charge in [-0.25, -0.2) is 0 Å². The Bertz CT molecular complexity index is 572. The van der Waals surface area contributed by atoms with Gasteiger partial charge < -0.3 is 15.5 Å². The molecular formula is C16H20BrN3O2. The van der Waals surface area contributed by atoms with Gasteiger partial charge in [-0.05, 0) is 37.6 Å². The molecule has 0 aromatic heterocycles. The first kappa shape index (κ1) is 15.5. The summed E-state index contributed by atoms with van der Waals surface area (Å²) in [5.41, 5.74) is 0.842. The second kappa shape index (κ2) is 6.79. The Kier molecular flexibility index (Phi) is 4.78. The van der Waals surface area contributed by atoms with Crippen LogP contribution in [0.1, 0.15) is 19.3 Å². The van der Waals surface area contributed by atoms with E-state index in [0.717, 1.165) is 36.1 Å². The molecule has 1 aromatic carbocycles. The van der Waals surface area contributed by atoms with Gasteiger partial charge in [-0.2, -0.15) is 0 Å². The number of hydrogen-bond acceptors (Lipinski definition) is 3. The number of benzene rings is 1. The van der Waals surface area contributed by atoms with Gasteiger partial charge >= 0.3 is 0 Å². The number of nitrogens with zero attached hydrogens (tertiary/aromatic N) is 1. The minimum absolute atomic E-state index is 0.000420. The number of halogens is 1. The first-order valence-electron chi connectivity index (χ1n) is 7.70. The molecule has 2 fully saturated rings. The number of piperidine rings is 1. The minimum Gasteiger partial charge on any atom is -0.352 e. The summed E-state index contributed by atoms with van der Waals surface area (Å²) >= 11 is 3.41. The smallest absolute Gasteiger partial charge is 0.227 e. The summed E-state index contributed by atoms with van der Waals surface area (Å²) < 4.78 is 0.930. The average molecular weight is 366 g/mol. The number of rotatable bonds is 3. The summed E-state index contributed by atoms with van der Waals surface area (Å²) in [6, 6.07) is 7.81. The first-order valence-corrected chi connectivity index (χ1v) is 8.50. The fourth-order valence-corrected chi connectivity index (χ4v) is 3.46. The fourth-order valence-electron chi connectivity index (χ4n) is 3.07. The first-order chi connectivity index (χ1) is 10.6. The molecule has 2 aliphatic rings. The van der Waals surface area contributed by atoms with Crippen LogP contribution < -0.4 is 15.5 Å². The van der Waals surface area contributed by atoms with Crippen LogP contribution in [0.2, 0.25) is 0 Å². The van der Waals surface area contributed by atoms with Crippen LogP contribution in [0.4, 0.5) is 5.69 Å². The lowest BCUT2D eigenvalue weighted by Crippen LogP contribution is -2.47. The summed E-state index contributed by atoms with van der Waals surface area (Å²) in [7, 11) is 0. The molecule has 3 rings (SSSR count). The Balaban J connectivity index is 1.62. The van der Waals surface area contributed by atoms with E-state index in [-0.39, 0.29) is 23.8 Å². The average Bonchev–Trinajstić information content (AvgIpc) is 2.90. The maximum Gasteiger partial charge on any atom is 0.227 e. The molecule has 0 radical (unpaired) electrons. The van der Waals surface area contributed by atoms with Crippen molar-refractivity contribution in [3.63, 3.8) is 0 Å². The number of nitrogens with one attached hydrogen (secondary N) is 2. The molecule has 2 heterocycles. The third kappa shape index (κ3) is 3.50. The SMILES string of the molecule is O=C(N[C@H]1CCCNC1)C1CC(=O)N(c2cccc(Br)c2)C1. The standard InChI is InChI=1S/C16H20BrN3O2/c17-12-3-1-5-14(8-12)20-10-11(7-15(20)21)16(22)19-13-4-2-6-18-9-13/h1,3,5,8,11,13,18H,2,4,6-7,9-10H2,(H,19,22)/t11?,13-/m0/s1. The third-order valence-corrected chi connectivity index (χ3v) is 4.75. The lowest BCUT2D eigenvalue weighted by atomic mass is 10.0. The monoisotopic (exact) mass is 365 g/mol. The maximum absolute atomic E-state index is 12.4. The lowest BCUT2D eigenvalue weighted by molar-refractivity contribution is -0.127. The van der Waals surface area contributed by atoms with Gasteiger partial charge in [-0.15, -0.1) is 0 Å². The van der Waals surface area contributed by atoms with E-state index in [2.05, 4.69) is 26.6 Å². The Labute approximate surface area is 138 Å². The summed E-state index contributed by atoms with van der Waals surface area (Å²) in [6.45, 7) is 2.30. The minimum atomic E-state index is -0.256. The molecule has 0 spiro atoms. The molecule has 0 saturated carbocycles. The van der Waals surface area contributed by atoms with Crippen LogP contribution in [0.5, 0.6) is 0 Å². The van der Waals surface area contributed by atoms with Crippen LogP contribution in [0.3, 0.4) is 0 Å². The maximum atomic E-state index is 12.4. The van der Waals surface area contributed by atoms with E-state index < -0.39 is 0 Å². The highest BCUT2D eigenvalue weighted by Gasteiger charge is 2.35.